The van der Waals surface area contributed by atoms with Crippen molar-refractivity contribution in [1.29, 1.82) is 0 Å². The fraction of sp³-hybridized carbons (Fsp3) is 0.417. The highest BCUT2D eigenvalue weighted by Crippen LogP contribution is 2.23. The number of amides is 1. The van der Waals surface area contributed by atoms with E-state index in [9.17, 15) is 14.9 Å². The summed E-state index contributed by atoms with van der Waals surface area (Å²) in [7, 11) is 1.86. The van der Waals surface area contributed by atoms with Gasteiger partial charge in [0.05, 0.1) is 11.3 Å². The Morgan fingerprint density at radius 2 is 2.10 bits per heavy atom. The lowest BCUT2D eigenvalue weighted by Gasteiger charge is -2.06. The third-order valence-electron chi connectivity index (χ3n) is 2.52. The first-order chi connectivity index (χ1) is 9.04. The quantitative estimate of drug-likeness (QED) is 0.439. The van der Waals surface area contributed by atoms with Crippen LogP contribution in [0.3, 0.4) is 0 Å². The molecule has 112 valence electrons. The maximum Gasteiger partial charge on any atom is 0.270 e. The number of carbonyl (C=O) groups excluding carboxylic acids is 1. The van der Waals surface area contributed by atoms with Crippen molar-refractivity contribution in [2.75, 3.05) is 20.1 Å². The highest BCUT2D eigenvalue weighted by Gasteiger charge is 2.11. The predicted octanol–water partition coefficient (Wildman–Crippen LogP) is 2.05. The van der Waals surface area contributed by atoms with Crippen LogP contribution in [-0.2, 0) is 11.2 Å². The second kappa shape index (κ2) is 9.68. The Morgan fingerprint density at radius 1 is 1.40 bits per heavy atom. The van der Waals surface area contributed by atoms with Gasteiger partial charge in [-0.15, -0.1) is 12.4 Å². The third-order valence-corrected chi connectivity index (χ3v) is 3.26. The van der Waals surface area contributed by atoms with Gasteiger partial charge in [-0.2, -0.15) is 0 Å². The van der Waals surface area contributed by atoms with Gasteiger partial charge >= 0.3 is 0 Å². The molecule has 0 saturated carbocycles. The number of hydrogen-bond acceptors (Lipinski definition) is 4. The average molecular weight is 367 g/mol. The van der Waals surface area contributed by atoms with Gasteiger partial charge in [0, 0.05) is 23.2 Å². The predicted molar refractivity (Wildman–Crippen MR) is 83.3 cm³/mol. The monoisotopic (exact) mass is 365 g/mol. The van der Waals surface area contributed by atoms with E-state index >= 15 is 0 Å². The Hall–Kier alpha value is -1.18. The smallest absolute Gasteiger partial charge is 0.270 e. The van der Waals surface area contributed by atoms with Gasteiger partial charge in [-0.1, -0.05) is 22.0 Å². The van der Waals surface area contributed by atoms with E-state index in [2.05, 4.69) is 26.6 Å². The largest absolute Gasteiger partial charge is 0.356 e. The normalized spacial score (nSPS) is 9.70. The molecule has 0 aromatic heterocycles. The van der Waals surface area contributed by atoms with Crippen LogP contribution in [0.2, 0.25) is 0 Å². The van der Waals surface area contributed by atoms with Crippen LogP contribution >= 0.6 is 28.3 Å². The maximum absolute atomic E-state index is 11.7. The van der Waals surface area contributed by atoms with E-state index < -0.39 is 4.92 Å². The van der Waals surface area contributed by atoms with Gasteiger partial charge in [0.1, 0.15) is 0 Å². The molecule has 1 rings (SSSR count). The van der Waals surface area contributed by atoms with Gasteiger partial charge in [0.2, 0.25) is 5.91 Å². The van der Waals surface area contributed by atoms with Crippen LogP contribution in [0.15, 0.2) is 22.7 Å². The molecule has 0 fully saturated rings. The molecule has 6 nitrogen and oxygen atoms in total. The Kier molecular flexibility index (Phi) is 9.11. The van der Waals surface area contributed by atoms with Crippen molar-refractivity contribution < 1.29 is 9.72 Å². The minimum absolute atomic E-state index is 0. The molecule has 0 aliphatic carbocycles. The van der Waals surface area contributed by atoms with Crippen LogP contribution in [0, 0.1) is 10.1 Å². The van der Waals surface area contributed by atoms with E-state index in [-0.39, 0.29) is 30.4 Å². The van der Waals surface area contributed by atoms with Crippen molar-refractivity contribution in [3.8, 4) is 0 Å². The molecule has 20 heavy (non-hydrogen) atoms. The van der Waals surface area contributed by atoms with Crippen molar-refractivity contribution in [3.63, 3.8) is 0 Å². The van der Waals surface area contributed by atoms with Gasteiger partial charge in [0.15, 0.2) is 0 Å². The lowest BCUT2D eigenvalue weighted by atomic mass is 10.1. The van der Waals surface area contributed by atoms with Crippen LogP contribution in [0.4, 0.5) is 5.69 Å². The standard InChI is InChI=1S/C12H16BrN3O3.ClH/c1-14-5-2-6-15-12(17)7-9-3-4-10(16(18)19)8-11(9)13;/h3-4,8,14H,2,5-7H2,1H3,(H,15,17);1H. The molecule has 0 unspecified atom stereocenters. The summed E-state index contributed by atoms with van der Waals surface area (Å²) < 4.78 is 0.576. The Labute approximate surface area is 132 Å². The van der Waals surface area contributed by atoms with Gasteiger partial charge in [-0.3, -0.25) is 14.9 Å². The zero-order valence-corrected chi connectivity index (χ0v) is 13.4. The number of halogens is 2. The molecule has 0 radical (unpaired) electrons. The van der Waals surface area contributed by atoms with Crippen LogP contribution < -0.4 is 10.6 Å². The summed E-state index contributed by atoms with van der Waals surface area (Å²) in [6.45, 7) is 1.46. The van der Waals surface area contributed by atoms with E-state index in [1.807, 2.05) is 7.05 Å². The highest BCUT2D eigenvalue weighted by molar-refractivity contribution is 9.10. The number of hydrogen-bond donors (Lipinski definition) is 2. The van der Waals surface area contributed by atoms with Crippen molar-refractivity contribution in [1.82, 2.24) is 10.6 Å². The van der Waals surface area contributed by atoms with E-state index in [1.165, 1.54) is 12.1 Å². The van der Waals surface area contributed by atoms with Gasteiger partial charge < -0.3 is 10.6 Å². The first kappa shape index (κ1) is 18.8. The molecule has 1 aromatic rings. The molecule has 0 aliphatic heterocycles. The molecule has 0 aliphatic rings. The molecular weight excluding hydrogens is 350 g/mol. The summed E-state index contributed by atoms with van der Waals surface area (Å²) in [5.41, 5.74) is 0.738. The zero-order valence-electron chi connectivity index (χ0n) is 11.0. The van der Waals surface area contributed by atoms with Crippen molar-refractivity contribution in [3.05, 3.63) is 38.3 Å². The van der Waals surface area contributed by atoms with Crippen molar-refractivity contribution in [2.45, 2.75) is 12.8 Å². The Balaban J connectivity index is 0.00000361. The number of nitrogens with one attached hydrogen (secondary N) is 2. The van der Waals surface area contributed by atoms with E-state index in [4.69, 9.17) is 0 Å². The number of nitro benzene ring substituents is 1. The lowest BCUT2D eigenvalue weighted by Crippen LogP contribution is -2.28. The second-order valence-corrected chi connectivity index (χ2v) is 4.87. The zero-order chi connectivity index (χ0) is 14.3. The molecule has 0 saturated heterocycles. The van der Waals surface area contributed by atoms with E-state index in [1.54, 1.807) is 6.07 Å². The summed E-state index contributed by atoms with van der Waals surface area (Å²) in [6.07, 6.45) is 1.07. The van der Waals surface area contributed by atoms with Gasteiger partial charge in [-0.05, 0) is 25.6 Å². The topological polar surface area (TPSA) is 84.3 Å². The fourth-order valence-electron chi connectivity index (χ4n) is 1.52. The van der Waals surface area contributed by atoms with Crippen molar-refractivity contribution in [2.24, 2.45) is 0 Å². The second-order valence-electron chi connectivity index (χ2n) is 4.02. The summed E-state index contributed by atoms with van der Waals surface area (Å²) in [5.74, 6) is -0.0920. The van der Waals surface area contributed by atoms with E-state index in [0.29, 0.717) is 11.0 Å². The minimum atomic E-state index is -0.466. The molecule has 0 atom stereocenters. The molecule has 2 N–H and O–H groups in total. The number of non-ortho nitro benzene ring substituents is 1. The molecule has 0 heterocycles. The SMILES string of the molecule is CNCCCNC(=O)Cc1ccc([N+](=O)[O-])cc1Br.Cl. The fourth-order valence-corrected chi connectivity index (χ4v) is 2.03. The molecule has 8 heteroatoms. The first-order valence-electron chi connectivity index (χ1n) is 5.88. The van der Waals surface area contributed by atoms with Crippen LogP contribution in [0.25, 0.3) is 0 Å². The van der Waals surface area contributed by atoms with Gasteiger partial charge in [0.25, 0.3) is 5.69 Å². The van der Waals surface area contributed by atoms with Crippen LogP contribution in [0.5, 0.6) is 0 Å². The minimum Gasteiger partial charge on any atom is -0.356 e. The number of benzene rings is 1. The molecular formula is C12H17BrClN3O3. The molecule has 0 spiro atoms. The Morgan fingerprint density at radius 3 is 2.65 bits per heavy atom. The Bertz CT molecular complexity index is 471. The average Bonchev–Trinajstić information content (AvgIpc) is 2.37. The number of rotatable bonds is 7. The van der Waals surface area contributed by atoms with Crippen molar-refractivity contribution >= 4 is 39.9 Å². The summed E-state index contributed by atoms with van der Waals surface area (Å²) in [5, 5.41) is 16.4. The highest BCUT2D eigenvalue weighted by atomic mass is 79.9. The summed E-state index contributed by atoms with van der Waals surface area (Å²) in [4.78, 5) is 21.8. The summed E-state index contributed by atoms with van der Waals surface area (Å²) in [6, 6.07) is 4.40. The molecule has 0 bridgehead atoms. The van der Waals surface area contributed by atoms with Crippen LogP contribution in [-0.4, -0.2) is 31.0 Å². The maximum atomic E-state index is 11.7. The number of nitro groups is 1. The van der Waals surface area contributed by atoms with Crippen LogP contribution in [0.1, 0.15) is 12.0 Å². The number of carbonyl (C=O) groups is 1. The summed E-state index contributed by atoms with van der Waals surface area (Å²) >= 11 is 3.24. The third kappa shape index (κ3) is 6.31. The molecule has 1 aromatic carbocycles. The van der Waals surface area contributed by atoms with Gasteiger partial charge in [-0.25, -0.2) is 0 Å². The number of nitrogens with zero attached hydrogens (tertiary/aromatic N) is 1. The lowest BCUT2D eigenvalue weighted by molar-refractivity contribution is -0.384. The van der Waals surface area contributed by atoms with E-state index in [0.717, 1.165) is 18.5 Å². The molecule has 1 amide bonds. The first-order valence-corrected chi connectivity index (χ1v) is 6.68.